The molecule has 0 amide bonds. The van der Waals surface area contributed by atoms with Gasteiger partial charge in [-0.1, -0.05) is 51.9 Å². The molecule has 6 heteroatoms. The molecule has 0 spiro atoms. The van der Waals surface area contributed by atoms with E-state index in [9.17, 15) is 19.5 Å². The number of rotatable bonds is 12. The van der Waals surface area contributed by atoms with Crippen molar-refractivity contribution in [3.63, 3.8) is 0 Å². The molecule has 0 aliphatic heterocycles. The maximum absolute atomic E-state index is 12.7. The zero-order valence-corrected chi connectivity index (χ0v) is 16.2. The number of unbranched alkanes of at least 4 members (excludes halogenated alkanes) is 7. The summed E-state index contributed by atoms with van der Waals surface area (Å²) in [7, 11) is 0. The van der Waals surface area contributed by atoms with E-state index in [-0.39, 0.29) is 6.42 Å². The lowest BCUT2D eigenvalue weighted by Gasteiger charge is -2.32. The highest BCUT2D eigenvalue weighted by molar-refractivity contribution is 5.90. The van der Waals surface area contributed by atoms with Crippen LogP contribution in [0.1, 0.15) is 78.6 Å². The highest BCUT2D eigenvalue weighted by Crippen LogP contribution is 2.32. The van der Waals surface area contributed by atoms with Crippen molar-refractivity contribution < 1.29 is 29.0 Å². The predicted molar refractivity (Wildman–Crippen MR) is 97.4 cm³/mol. The molecule has 0 saturated heterocycles. The second-order valence-corrected chi connectivity index (χ2v) is 6.92. The molecule has 0 saturated carbocycles. The smallest absolute Gasteiger partial charge is 0.303 e. The molecule has 0 aromatic heterocycles. The molecule has 148 valence electrons. The summed E-state index contributed by atoms with van der Waals surface area (Å²) in [5.74, 6) is -1.69. The molecule has 0 heterocycles. The number of carbonyl (C=O) groups excluding carboxylic acids is 3. The minimum atomic E-state index is -2.04. The Kier molecular flexibility index (Phi) is 9.55. The van der Waals surface area contributed by atoms with E-state index < -0.39 is 35.5 Å². The second-order valence-electron chi connectivity index (χ2n) is 6.92. The molecule has 0 aromatic rings. The molecule has 0 radical (unpaired) electrons. The Labute approximate surface area is 155 Å². The van der Waals surface area contributed by atoms with Crippen LogP contribution in [-0.4, -0.2) is 40.6 Å². The fraction of sp³-hybridized carbons (Fsp3) is 0.750. The normalized spacial score (nSPS) is 24.5. The van der Waals surface area contributed by atoms with E-state index in [0.717, 1.165) is 19.3 Å². The lowest BCUT2D eigenvalue weighted by molar-refractivity contribution is -0.180. The maximum Gasteiger partial charge on any atom is 0.303 e. The van der Waals surface area contributed by atoms with E-state index in [4.69, 9.17) is 9.47 Å². The molecule has 1 unspecified atom stereocenters. The van der Waals surface area contributed by atoms with Gasteiger partial charge in [-0.2, -0.15) is 0 Å². The molecule has 6 nitrogen and oxygen atoms in total. The Morgan fingerprint density at radius 1 is 0.846 bits per heavy atom. The lowest BCUT2D eigenvalue weighted by atomic mass is 9.87. The van der Waals surface area contributed by atoms with Crippen molar-refractivity contribution >= 4 is 17.7 Å². The number of carbonyl (C=O) groups is 3. The summed E-state index contributed by atoms with van der Waals surface area (Å²) in [5, 5.41) is 10.9. The van der Waals surface area contributed by atoms with Crippen molar-refractivity contribution in [1.29, 1.82) is 0 Å². The first-order chi connectivity index (χ1) is 12.3. The molecule has 0 bridgehead atoms. The van der Waals surface area contributed by atoms with Gasteiger partial charge in [-0.25, -0.2) is 0 Å². The van der Waals surface area contributed by atoms with E-state index in [1.54, 1.807) is 0 Å². The highest BCUT2D eigenvalue weighted by Gasteiger charge is 2.55. The van der Waals surface area contributed by atoms with Gasteiger partial charge in [0.25, 0.3) is 0 Å². The standard InChI is InChI=1S/C20H32O6/c1-4-5-6-7-8-9-10-11-12-17(23)20(24)18(25-15(2)21)13-14-19(20)26-16(3)22/h13-14,18-19,24H,4-12H2,1-3H3/t18-,19+,20?. The maximum atomic E-state index is 12.7. The van der Waals surface area contributed by atoms with E-state index in [0.29, 0.717) is 6.42 Å². The fourth-order valence-corrected chi connectivity index (χ4v) is 3.21. The molecule has 1 N–H and O–H groups in total. The van der Waals surface area contributed by atoms with Gasteiger partial charge >= 0.3 is 11.9 Å². The summed E-state index contributed by atoms with van der Waals surface area (Å²) >= 11 is 0. The SMILES string of the molecule is CCCCCCCCCCC(=O)C1(O)[C@@H](OC(C)=O)C=C[C@H]1OC(C)=O. The van der Waals surface area contributed by atoms with E-state index in [1.807, 2.05) is 0 Å². The average molecular weight is 368 g/mol. The average Bonchev–Trinajstić information content (AvgIpc) is 2.86. The molecule has 1 aliphatic rings. The zero-order valence-electron chi connectivity index (χ0n) is 16.2. The fourth-order valence-electron chi connectivity index (χ4n) is 3.21. The van der Waals surface area contributed by atoms with Gasteiger partial charge in [0.05, 0.1) is 0 Å². The number of ketones is 1. The van der Waals surface area contributed by atoms with Gasteiger partial charge in [0.2, 0.25) is 5.60 Å². The van der Waals surface area contributed by atoms with Crippen molar-refractivity contribution in [3.8, 4) is 0 Å². The summed E-state index contributed by atoms with van der Waals surface area (Å²) in [6, 6.07) is 0. The van der Waals surface area contributed by atoms with Gasteiger partial charge < -0.3 is 14.6 Å². The summed E-state index contributed by atoms with van der Waals surface area (Å²) < 4.78 is 10.1. The molecule has 0 fully saturated rings. The minimum Gasteiger partial charge on any atom is -0.455 e. The summed E-state index contributed by atoms with van der Waals surface area (Å²) in [4.78, 5) is 35.2. The second kappa shape index (κ2) is 11.1. The van der Waals surface area contributed by atoms with Gasteiger partial charge in [-0.15, -0.1) is 0 Å². The van der Waals surface area contributed by atoms with Crippen LogP contribution < -0.4 is 0 Å². The van der Waals surface area contributed by atoms with Crippen molar-refractivity contribution in [2.24, 2.45) is 0 Å². The zero-order chi connectivity index (χ0) is 19.6. The van der Waals surface area contributed by atoms with Crippen LogP contribution in [0, 0.1) is 0 Å². The summed E-state index contributed by atoms with van der Waals surface area (Å²) in [6.45, 7) is 4.59. The number of Topliss-reactive ketones (excluding diaryl/α,β-unsaturated/α-hetero) is 1. The molecule has 1 aliphatic carbocycles. The number of esters is 2. The van der Waals surface area contributed by atoms with Crippen LogP contribution in [0.2, 0.25) is 0 Å². The third kappa shape index (κ3) is 6.56. The number of ether oxygens (including phenoxy) is 2. The first kappa shape index (κ1) is 22.4. The molecular weight excluding hydrogens is 336 g/mol. The van der Waals surface area contributed by atoms with Crippen LogP contribution in [-0.2, 0) is 23.9 Å². The van der Waals surface area contributed by atoms with Crippen LogP contribution in [0.3, 0.4) is 0 Å². The van der Waals surface area contributed by atoms with Gasteiger partial charge in [-0.05, 0) is 18.6 Å². The third-order valence-corrected chi connectivity index (χ3v) is 4.62. The Morgan fingerprint density at radius 3 is 1.69 bits per heavy atom. The van der Waals surface area contributed by atoms with Crippen LogP contribution >= 0.6 is 0 Å². The van der Waals surface area contributed by atoms with Crippen LogP contribution in [0.15, 0.2) is 12.2 Å². The molecule has 3 atom stereocenters. The Hall–Kier alpha value is -1.69. The van der Waals surface area contributed by atoms with Crippen molar-refractivity contribution in [2.75, 3.05) is 0 Å². The van der Waals surface area contributed by atoms with Gasteiger partial charge in [0.15, 0.2) is 18.0 Å². The van der Waals surface area contributed by atoms with E-state index in [1.165, 1.54) is 51.7 Å². The van der Waals surface area contributed by atoms with Gasteiger partial charge in [0.1, 0.15) is 0 Å². The van der Waals surface area contributed by atoms with E-state index >= 15 is 0 Å². The molecule has 1 rings (SSSR count). The van der Waals surface area contributed by atoms with Crippen molar-refractivity contribution in [1.82, 2.24) is 0 Å². The number of hydrogen-bond donors (Lipinski definition) is 1. The molecule has 26 heavy (non-hydrogen) atoms. The van der Waals surface area contributed by atoms with Crippen LogP contribution in [0.4, 0.5) is 0 Å². The highest BCUT2D eigenvalue weighted by atomic mass is 16.6. The predicted octanol–water partition coefficient (Wildman–Crippen LogP) is 3.25. The Morgan fingerprint density at radius 2 is 1.27 bits per heavy atom. The minimum absolute atomic E-state index is 0.155. The van der Waals surface area contributed by atoms with Gasteiger partial charge in [-0.3, -0.25) is 14.4 Å². The number of aliphatic hydroxyl groups is 1. The largest absolute Gasteiger partial charge is 0.455 e. The number of hydrogen-bond acceptors (Lipinski definition) is 6. The third-order valence-electron chi connectivity index (χ3n) is 4.62. The van der Waals surface area contributed by atoms with Crippen LogP contribution in [0.5, 0.6) is 0 Å². The summed E-state index contributed by atoms with van der Waals surface area (Å²) in [6.07, 6.45) is 9.36. The van der Waals surface area contributed by atoms with Crippen molar-refractivity contribution in [2.45, 2.75) is 96.4 Å². The monoisotopic (exact) mass is 368 g/mol. The topological polar surface area (TPSA) is 89.9 Å². The molecule has 0 aromatic carbocycles. The Balaban J connectivity index is 2.54. The Bertz CT molecular complexity index is 484. The lowest BCUT2D eigenvalue weighted by Crippen LogP contribution is -2.56. The van der Waals surface area contributed by atoms with Crippen molar-refractivity contribution in [3.05, 3.63) is 12.2 Å². The first-order valence-corrected chi connectivity index (χ1v) is 9.60. The summed E-state index contributed by atoms with van der Waals surface area (Å²) in [5.41, 5.74) is -2.04. The first-order valence-electron chi connectivity index (χ1n) is 9.60. The molecular formula is C20H32O6. The quantitative estimate of drug-likeness (QED) is 0.323. The van der Waals surface area contributed by atoms with Crippen LogP contribution in [0.25, 0.3) is 0 Å². The van der Waals surface area contributed by atoms with E-state index in [2.05, 4.69) is 6.92 Å². The van der Waals surface area contributed by atoms with Gasteiger partial charge in [0, 0.05) is 20.3 Å².